The topological polar surface area (TPSA) is 61.9 Å². The van der Waals surface area contributed by atoms with Gasteiger partial charge in [-0.05, 0) is 67.6 Å². The Hall–Kier alpha value is -2.86. The first kappa shape index (κ1) is 25.2. The Morgan fingerprint density at radius 3 is 2.20 bits per heavy atom. The van der Waals surface area contributed by atoms with Crippen LogP contribution in [0.3, 0.4) is 0 Å². The molecule has 0 unspecified atom stereocenters. The van der Waals surface area contributed by atoms with Crippen LogP contribution in [-0.2, 0) is 29.0 Å². The number of piperazine rings is 1. The summed E-state index contributed by atoms with van der Waals surface area (Å²) in [6, 6.07) is 15.4. The molecule has 2 aromatic rings. The number of hydrogen-bond donors (Lipinski definition) is 1. The Bertz CT molecular complexity index is 991. The zero-order valence-electron chi connectivity index (χ0n) is 21.5. The minimum Gasteiger partial charge on any atom is -0.492 e. The van der Waals surface area contributed by atoms with Crippen LogP contribution in [0.25, 0.3) is 0 Å². The quantitative estimate of drug-likeness (QED) is 0.567. The highest BCUT2D eigenvalue weighted by atomic mass is 16.5. The van der Waals surface area contributed by atoms with Crippen LogP contribution in [0, 0.1) is 11.8 Å². The number of carbonyl (C=O) groups excluding carboxylic acids is 2. The van der Waals surface area contributed by atoms with Crippen LogP contribution < -0.4 is 10.1 Å². The van der Waals surface area contributed by atoms with E-state index in [-0.39, 0.29) is 23.7 Å². The molecule has 1 fully saturated rings. The first-order valence-corrected chi connectivity index (χ1v) is 12.9. The number of ether oxygens (including phenoxy) is 1. The van der Waals surface area contributed by atoms with Crippen molar-refractivity contribution in [3.63, 3.8) is 0 Å². The maximum absolute atomic E-state index is 13.9. The second kappa shape index (κ2) is 11.3. The van der Waals surface area contributed by atoms with Crippen molar-refractivity contribution in [2.45, 2.75) is 58.2 Å². The van der Waals surface area contributed by atoms with E-state index in [2.05, 4.69) is 36.2 Å². The molecule has 1 N–H and O–H groups in total. The molecule has 2 aliphatic rings. The molecule has 4 rings (SSSR count). The lowest BCUT2D eigenvalue weighted by Gasteiger charge is -2.43. The zero-order valence-corrected chi connectivity index (χ0v) is 21.5. The van der Waals surface area contributed by atoms with Crippen molar-refractivity contribution < 1.29 is 14.3 Å². The van der Waals surface area contributed by atoms with Gasteiger partial charge in [-0.25, -0.2) is 0 Å². The first-order chi connectivity index (χ1) is 16.9. The van der Waals surface area contributed by atoms with Crippen LogP contribution in [0.15, 0.2) is 48.5 Å². The highest BCUT2D eigenvalue weighted by Crippen LogP contribution is 2.33. The van der Waals surface area contributed by atoms with Crippen molar-refractivity contribution in [3.05, 3.63) is 65.2 Å². The molecule has 1 heterocycles. The first-order valence-electron chi connectivity index (χ1n) is 12.9. The fraction of sp³-hybridized carbons (Fsp3) is 0.517. The molecule has 6 heteroatoms. The van der Waals surface area contributed by atoms with Gasteiger partial charge in [-0.15, -0.1) is 0 Å². The van der Waals surface area contributed by atoms with Crippen molar-refractivity contribution in [1.82, 2.24) is 15.1 Å². The van der Waals surface area contributed by atoms with E-state index >= 15 is 0 Å². The van der Waals surface area contributed by atoms with E-state index in [0.717, 1.165) is 43.5 Å². The Labute approximate surface area is 209 Å². The highest BCUT2D eigenvalue weighted by molar-refractivity contribution is 5.97. The van der Waals surface area contributed by atoms with Gasteiger partial charge >= 0.3 is 0 Å². The standard InChI is InChI=1S/C29H39N3O3/c1-5-21(6-2)27-28(33)30-26(24-17-22-9-7-8-10-23(22)18-24)29(34)32(27)19-20-11-13-25(14-12-20)35-16-15-31(3)4/h7-14,21,24,26-27H,5-6,15-19H2,1-4H3,(H,30,33)/t26-,27-/m1/s1. The van der Waals surface area contributed by atoms with Gasteiger partial charge in [0.1, 0.15) is 24.4 Å². The average Bonchev–Trinajstić information content (AvgIpc) is 3.28. The summed E-state index contributed by atoms with van der Waals surface area (Å²) in [5.41, 5.74) is 3.59. The van der Waals surface area contributed by atoms with E-state index in [1.165, 1.54) is 11.1 Å². The van der Waals surface area contributed by atoms with Crippen molar-refractivity contribution in [3.8, 4) is 5.75 Å². The van der Waals surface area contributed by atoms with Crippen LogP contribution in [-0.4, -0.2) is 60.9 Å². The minimum absolute atomic E-state index is 0.0112. The van der Waals surface area contributed by atoms with Gasteiger partial charge in [0.15, 0.2) is 0 Å². The lowest BCUT2D eigenvalue weighted by atomic mass is 9.86. The van der Waals surface area contributed by atoms with Crippen LogP contribution in [0.1, 0.15) is 43.4 Å². The van der Waals surface area contributed by atoms with Gasteiger partial charge < -0.3 is 19.9 Å². The Morgan fingerprint density at radius 2 is 1.63 bits per heavy atom. The maximum Gasteiger partial charge on any atom is 0.246 e. The molecule has 0 bridgehead atoms. The number of amides is 2. The number of fused-ring (bicyclic) bond motifs is 1. The summed E-state index contributed by atoms with van der Waals surface area (Å²) >= 11 is 0. The molecule has 0 spiro atoms. The normalized spacial score (nSPS) is 20.5. The van der Waals surface area contributed by atoms with Gasteiger partial charge in [0.2, 0.25) is 11.8 Å². The Morgan fingerprint density at radius 1 is 1.00 bits per heavy atom. The summed E-state index contributed by atoms with van der Waals surface area (Å²) in [5.74, 6) is 1.08. The van der Waals surface area contributed by atoms with E-state index in [1.54, 1.807) is 0 Å². The molecule has 2 amide bonds. The van der Waals surface area contributed by atoms with Gasteiger partial charge in [-0.1, -0.05) is 63.1 Å². The molecule has 0 saturated carbocycles. The number of benzene rings is 2. The summed E-state index contributed by atoms with van der Waals surface area (Å²) in [6.07, 6.45) is 3.37. The van der Waals surface area contributed by atoms with Gasteiger partial charge in [-0.2, -0.15) is 0 Å². The molecule has 1 aliphatic heterocycles. The molecule has 188 valence electrons. The summed E-state index contributed by atoms with van der Waals surface area (Å²) in [7, 11) is 4.04. The number of carbonyl (C=O) groups is 2. The smallest absolute Gasteiger partial charge is 0.246 e. The molecule has 2 aromatic carbocycles. The molecule has 35 heavy (non-hydrogen) atoms. The van der Waals surface area contributed by atoms with Crippen LogP contribution in [0.5, 0.6) is 5.75 Å². The molecule has 1 saturated heterocycles. The fourth-order valence-corrected chi connectivity index (χ4v) is 5.52. The molecule has 6 nitrogen and oxygen atoms in total. The lowest BCUT2D eigenvalue weighted by Crippen LogP contribution is -2.66. The van der Waals surface area contributed by atoms with Gasteiger partial charge in [0.05, 0.1) is 0 Å². The van der Waals surface area contributed by atoms with Crippen LogP contribution in [0.2, 0.25) is 0 Å². The number of rotatable bonds is 10. The highest BCUT2D eigenvalue weighted by Gasteiger charge is 2.46. The predicted molar refractivity (Wildman–Crippen MR) is 138 cm³/mol. The van der Waals surface area contributed by atoms with Crippen molar-refractivity contribution in [2.75, 3.05) is 27.2 Å². The number of likely N-dealkylation sites (N-methyl/N-ethyl adjacent to an activating group) is 1. The number of nitrogens with one attached hydrogen (secondary N) is 1. The molecule has 0 radical (unpaired) electrons. The Kier molecular flexibility index (Phi) is 8.11. The predicted octanol–water partition coefficient (Wildman–Crippen LogP) is 3.67. The SMILES string of the molecule is CCC(CC)[C@@H]1C(=O)N[C@H](C2Cc3ccccc3C2)C(=O)N1Cc1ccc(OCCN(C)C)cc1. The van der Waals surface area contributed by atoms with Gasteiger partial charge in [0, 0.05) is 13.1 Å². The largest absolute Gasteiger partial charge is 0.492 e. The monoisotopic (exact) mass is 477 g/mol. The van der Waals surface area contributed by atoms with Crippen molar-refractivity contribution in [2.24, 2.45) is 11.8 Å². The van der Waals surface area contributed by atoms with E-state index < -0.39 is 12.1 Å². The second-order valence-electron chi connectivity index (χ2n) is 10.2. The van der Waals surface area contributed by atoms with Crippen molar-refractivity contribution in [1.29, 1.82) is 0 Å². The van der Waals surface area contributed by atoms with E-state index in [4.69, 9.17) is 4.74 Å². The average molecular weight is 478 g/mol. The van der Waals surface area contributed by atoms with Crippen molar-refractivity contribution >= 4 is 11.8 Å². The molecule has 0 aromatic heterocycles. The number of hydrogen-bond acceptors (Lipinski definition) is 4. The third-order valence-electron chi connectivity index (χ3n) is 7.58. The van der Waals surface area contributed by atoms with E-state index in [9.17, 15) is 9.59 Å². The third kappa shape index (κ3) is 5.69. The maximum atomic E-state index is 13.9. The zero-order chi connectivity index (χ0) is 24.9. The van der Waals surface area contributed by atoms with E-state index in [1.807, 2.05) is 55.4 Å². The molecular weight excluding hydrogens is 438 g/mol. The molecular formula is C29H39N3O3. The minimum atomic E-state index is -0.478. The summed E-state index contributed by atoms with van der Waals surface area (Å²) in [4.78, 5) is 31.3. The lowest BCUT2D eigenvalue weighted by molar-refractivity contribution is -0.154. The summed E-state index contributed by atoms with van der Waals surface area (Å²) < 4.78 is 5.82. The van der Waals surface area contributed by atoms with Crippen LogP contribution in [0.4, 0.5) is 0 Å². The second-order valence-corrected chi connectivity index (χ2v) is 10.2. The summed E-state index contributed by atoms with van der Waals surface area (Å²) in [5, 5.41) is 3.15. The van der Waals surface area contributed by atoms with E-state index in [0.29, 0.717) is 13.2 Å². The van der Waals surface area contributed by atoms with Gasteiger partial charge in [0.25, 0.3) is 0 Å². The van der Waals surface area contributed by atoms with Gasteiger partial charge in [-0.3, -0.25) is 9.59 Å². The fourth-order valence-electron chi connectivity index (χ4n) is 5.52. The molecule has 1 aliphatic carbocycles. The Balaban J connectivity index is 1.52. The summed E-state index contributed by atoms with van der Waals surface area (Å²) in [6.45, 7) is 6.11. The molecule has 2 atom stereocenters. The number of nitrogens with zero attached hydrogens (tertiary/aromatic N) is 2. The van der Waals surface area contributed by atoms with Crippen LogP contribution >= 0.6 is 0 Å². The third-order valence-corrected chi connectivity index (χ3v) is 7.58.